The second-order valence-corrected chi connectivity index (χ2v) is 5.54. The smallest absolute Gasteiger partial charge is 0.253 e. The Morgan fingerprint density at radius 3 is 2.62 bits per heavy atom. The van der Waals surface area contributed by atoms with Gasteiger partial charge >= 0.3 is 0 Å². The molecule has 4 nitrogen and oxygen atoms in total. The Kier molecular flexibility index (Phi) is 2.84. The first-order valence-electron chi connectivity index (χ1n) is 5.74. The maximum atomic E-state index is 11.9. The van der Waals surface area contributed by atoms with Crippen LogP contribution in [0, 0.1) is 5.92 Å². The molecule has 2 rings (SSSR count). The highest BCUT2D eigenvalue weighted by Gasteiger charge is 2.19. The van der Waals surface area contributed by atoms with Crippen molar-refractivity contribution in [2.24, 2.45) is 5.92 Å². The number of hydrogen-bond acceptors (Lipinski definition) is 3. The first kappa shape index (κ1) is 11.3. The van der Waals surface area contributed by atoms with E-state index in [2.05, 4.69) is 31.1 Å². The molecule has 0 saturated carbocycles. The Morgan fingerprint density at radius 2 is 2.19 bits per heavy atom. The number of hydrogen-bond donors (Lipinski definition) is 1. The van der Waals surface area contributed by atoms with Crippen LogP contribution in [0.5, 0.6) is 0 Å². The molecule has 1 fully saturated rings. The maximum absolute atomic E-state index is 11.9. The lowest BCUT2D eigenvalue weighted by atomic mass is 9.92. The van der Waals surface area contributed by atoms with Crippen LogP contribution in [0.15, 0.2) is 17.2 Å². The second kappa shape index (κ2) is 4.01. The normalized spacial score (nSPS) is 17.2. The summed E-state index contributed by atoms with van der Waals surface area (Å²) in [5.41, 5.74) is 0.864. The number of nitrogens with one attached hydrogen (secondary N) is 1. The summed E-state index contributed by atoms with van der Waals surface area (Å²) in [7, 11) is 0. The van der Waals surface area contributed by atoms with Crippen LogP contribution in [0.25, 0.3) is 0 Å². The standard InChI is InChI=1S/C12H19N3O/c1-12(2,3)10-4-11(16)15(8-14-10)7-9-5-13-6-9/h4,8-9,13H,5-7H2,1-3H3. The Labute approximate surface area is 95.7 Å². The van der Waals surface area contributed by atoms with E-state index in [0.29, 0.717) is 5.92 Å². The second-order valence-electron chi connectivity index (χ2n) is 5.54. The average molecular weight is 221 g/mol. The van der Waals surface area contributed by atoms with Crippen LogP contribution in [0.1, 0.15) is 26.5 Å². The van der Waals surface area contributed by atoms with Crippen LogP contribution in [-0.4, -0.2) is 22.6 Å². The molecule has 0 radical (unpaired) electrons. The van der Waals surface area contributed by atoms with E-state index >= 15 is 0 Å². The van der Waals surface area contributed by atoms with Crippen LogP contribution in [-0.2, 0) is 12.0 Å². The number of rotatable bonds is 2. The van der Waals surface area contributed by atoms with E-state index < -0.39 is 0 Å². The molecular weight excluding hydrogens is 202 g/mol. The molecule has 1 aromatic heterocycles. The predicted octanol–water partition coefficient (Wildman–Crippen LogP) is 0.760. The Morgan fingerprint density at radius 1 is 1.50 bits per heavy atom. The van der Waals surface area contributed by atoms with Gasteiger partial charge in [-0.15, -0.1) is 0 Å². The molecule has 88 valence electrons. The zero-order chi connectivity index (χ0) is 11.8. The fourth-order valence-corrected chi connectivity index (χ4v) is 1.73. The van der Waals surface area contributed by atoms with Gasteiger partial charge in [0.05, 0.1) is 12.0 Å². The van der Waals surface area contributed by atoms with Gasteiger partial charge in [0, 0.05) is 37.0 Å². The summed E-state index contributed by atoms with van der Waals surface area (Å²) >= 11 is 0. The van der Waals surface area contributed by atoms with Crippen molar-refractivity contribution in [3.05, 3.63) is 28.4 Å². The molecule has 1 saturated heterocycles. The van der Waals surface area contributed by atoms with Gasteiger partial charge in [-0.05, 0) is 0 Å². The highest BCUT2D eigenvalue weighted by atomic mass is 16.1. The molecule has 1 aliphatic rings. The van der Waals surface area contributed by atoms with E-state index in [-0.39, 0.29) is 11.0 Å². The van der Waals surface area contributed by atoms with Crippen molar-refractivity contribution in [2.45, 2.75) is 32.7 Å². The van der Waals surface area contributed by atoms with E-state index in [1.807, 2.05) is 0 Å². The van der Waals surface area contributed by atoms with Crippen LogP contribution < -0.4 is 10.9 Å². The van der Waals surface area contributed by atoms with Crippen molar-refractivity contribution in [1.82, 2.24) is 14.9 Å². The van der Waals surface area contributed by atoms with Gasteiger partial charge in [-0.2, -0.15) is 0 Å². The minimum Gasteiger partial charge on any atom is -0.316 e. The van der Waals surface area contributed by atoms with Gasteiger partial charge in [-0.25, -0.2) is 4.98 Å². The molecule has 0 aliphatic carbocycles. The lowest BCUT2D eigenvalue weighted by molar-refractivity contribution is 0.301. The van der Waals surface area contributed by atoms with Crippen molar-refractivity contribution >= 4 is 0 Å². The molecule has 4 heteroatoms. The lowest BCUT2D eigenvalue weighted by Crippen LogP contribution is -2.45. The molecule has 0 bridgehead atoms. The summed E-state index contributed by atoms with van der Waals surface area (Å²) in [5, 5.41) is 3.20. The zero-order valence-electron chi connectivity index (χ0n) is 10.2. The van der Waals surface area contributed by atoms with Gasteiger partial charge in [-0.1, -0.05) is 20.8 Å². The Bertz CT molecular complexity index is 427. The fraction of sp³-hybridized carbons (Fsp3) is 0.667. The molecule has 0 amide bonds. The van der Waals surface area contributed by atoms with E-state index in [4.69, 9.17) is 0 Å². The minimum atomic E-state index is -0.0593. The first-order valence-corrected chi connectivity index (χ1v) is 5.74. The van der Waals surface area contributed by atoms with E-state index in [1.165, 1.54) is 0 Å². The van der Waals surface area contributed by atoms with Crippen LogP contribution in [0.4, 0.5) is 0 Å². The van der Waals surface area contributed by atoms with Gasteiger partial charge in [0.2, 0.25) is 0 Å². The molecule has 0 atom stereocenters. The number of nitrogens with zero attached hydrogens (tertiary/aromatic N) is 2. The van der Waals surface area contributed by atoms with Gasteiger partial charge in [0.25, 0.3) is 5.56 Å². The molecular formula is C12H19N3O. The van der Waals surface area contributed by atoms with Crippen LogP contribution in [0.2, 0.25) is 0 Å². The summed E-state index contributed by atoms with van der Waals surface area (Å²) < 4.78 is 1.71. The van der Waals surface area contributed by atoms with Gasteiger partial charge in [-0.3, -0.25) is 9.36 Å². The third-order valence-electron chi connectivity index (χ3n) is 2.97. The zero-order valence-corrected chi connectivity index (χ0v) is 10.2. The molecule has 1 N–H and O–H groups in total. The van der Waals surface area contributed by atoms with E-state index in [1.54, 1.807) is 17.0 Å². The third-order valence-corrected chi connectivity index (χ3v) is 2.97. The van der Waals surface area contributed by atoms with Crippen molar-refractivity contribution in [1.29, 1.82) is 0 Å². The summed E-state index contributed by atoms with van der Waals surface area (Å²) in [4.78, 5) is 16.2. The quantitative estimate of drug-likeness (QED) is 0.802. The molecule has 1 aliphatic heterocycles. The average Bonchev–Trinajstić information content (AvgIpc) is 2.11. The number of aromatic nitrogens is 2. The minimum absolute atomic E-state index is 0.0593. The van der Waals surface area contributed by atoms with Gasteiger partial charge in [0.1, 0.15) is 0 Å². The molecule has 0 spiro atoms. The highest BCUT2D eigenvalue weighted by molar-refractivity contribution is 5.10. The molecule has 16 heavy (non-hydrogen) atoms. The summed E-state index contributed by atoms with van der Waals surface area (Å²) in [5.74, 6) is 0.583. The molecule has 1 aromatic rings. The van der Waals surface area contributed by atoms with Crippen LogP contribution >= 0.6 is 0 Å². The predicted molar refractivity (Wildman–Crippen MR) is 63.6 cm³/mol. The van der Waals surface area contributed by atoms with Crippen molar-refractivity contribution in [3.63, 3.8) is 0 Å². The highest BCUT2D eigenvalue weighted by Crippen LogP contribution is 2.17. The first-order chi connectivity index (χ1) is 7.47. The monoisotopic (exact) mass is 221 g/mol. The van der Waals surface area contributed by atoms with Crippen molar-refractivity contribution < 1.29 is 0 Å². The van der Waals surface area contributed by atoms with E-state index in [0.717, 1.165) is 25.3 Å². The maximum Gasteiger partial charge on any atom is 0.253 e. The molecule has 0 aromatic carbocycles. The Balaban J connectivity index is 2.19. The van der Waals surface area contributed by atoms with Crippen molar-refractivity contribution in [2.75, 3.05) is 13.1 Å². The summed E-state index contributed by atoms with van der Waals surface area (Å²) in [6, 6.07) is 1.66. The molecule has 0 unspecified atom stereocenters. The third kappa shape index (κ3) is 2.32. The van der Waals surface area contributed by atoms with E-state index in [9.17, 15) is 4.79 Å². The summed E-state index contributed by atoms with van der Waals surface area (Å²) in [6.45, 7) is 8.99. The van der Waals surface area contributed by atoms with Crippen molar-refractivity contribution in [3.8, 4) is 0 Å². The SMILES string of the molecule is CC(C)(C)c1cc(=O)n(CC2CNC2)cn1. The fourth-order valence-electron chi connectivity index (χ4n) is 1.73. The summed E-state index contributed by atoms with van der Waals surface area (Å²) in [6.07, 6.45) is 1.68. The largest absolute Gasteiger partial charge is 0.316 e. The topological polar surface area (TPSA) is 46.9 Å². The van der Waals surface area contributed by atoms with Gasteiger partial charge in [0.15, 0.2) is 0 Å². The lowest BCUT2D eigenvalue weighted by Gasteiger charge is -2.27. The molecule has 2 heterocycles. The Hall–Kier alpha value is -1.16. The van der Waals surface area contributed by atoms with Gasteiger partial charge < -0.3 is 5.32 Å². The van der Waals surface area contributed by atoms with Crippen LogP contribution in [0.3, 0.4) is 0 Å².